The van der Waals surface area contributed by atoms with Gasteiger partial charge in [-0.3, -0.25) is 4.79 Å². The SMILES string of the molecule is CCC[C@@H](C(=O)NCCOC)n1c(Cc2ccccc2F)nc2cc(Cl)c(Cl)cc21. The first-order chi connectivity index (χ1) is 14.5. The first kappa shape index (κ1) is 22.5. The van der Waals surface area contributed by atoms with Gasteiger partial charge in [0.25, 0.3) is 0 Å². The molecule has 3 aromatic rings. The number of amides is 1. The van der Waals surface area contributed by atoms with Crippen molar-refractivity contribution in [1.82, 2.24) is 14.9 Å². The zero-order valence-electron chi connectivity index (χ0n) is 16.9. The molecular formula is C22H24Cl2FN3O2. The van der Waals surface area contributed by atoms with E-state index < -0.39 is 6.04 Å². The Hall–Kier alpha value is -2.15. The van der Waals surface area contributed by atoms with Crippen LogP contribution in [0.3, 0.4) is 0 Å². The number of benzene rings is 2. The zero-order chi connectivity index (χ0) is 21.7. The van der Waals surface area contributed by atoms with Crippen molar-refractivity contribution >= 4 is 40.1 Å². The number of carbonyl (C=O) groups excluding carboxylic acids is 1. The summed E-state index contributed by atoms with van der Waals surface area (Å²) in [7, 11) is 1.58. The Morgan fingerprint density at radius 1 is 1.27 bits per heavy atom. The van der Waals surface area contributed by atoms with Crippen LogP contribution in [0, 0.1) is 5.82 Å². The van der Waals surface area contributed by atoms with E-state index in [4.69, 9.17) is 27.9 Å². The number of nitrogens with one attached hydrogen (secondary N) is 1. The maximum atomic E-state index is 14.3. The molecule has 0 aliphatic heterocycles. The van der Waals surface area contributed by atoms with Crippen LogP contribution in [0.2, 0.25) is 10.0 Å². The van der Waals surface area contributed by atoms with Crippen molar-refractivity contribution in [3.63, 3.8) is 0 Å². The molecule has 0 saturated carbocycles. The summed E-state index contributed by atoms with van der Waals surface area (Å²) >= 11 is 12.5. The van der Waals surface area contributed by atoms with Gasteiger partial charge in [0.2, 0.25) is 5.91 Å². The number of ether oxygens (including phenoxy) is 1. The molecule has 3 rings (SSSR count). The fourth-order valence-corrected chi connectivity index (χ4v) is 3.79. The van der Waals surface area contributed by atoms with Gasteiger partial charge in [0.1, 0.15) is 17.7 Å². The molecule has 0 fully saturated rings. The lowest BCUT2D eigenvalue weighted by atomic mass is 10.1. The summed E-state index contributed by atoms with van der Waals surface area (Å²) in [6, 6.07) is 9.42. The second kappa shape index (κ2) is 10.2. The van der Waals surface area contributed by atoms with Gasteiger partial charge in [-0.15, -0.1) is 0 Å². The maximum Gasteiger partial charge on any atom is 0.243 e. The van der Waals surface area contributed by atoms with Gasteiger partial charge in [-0.05, 0) is 30.2 Å². The van der Waals surface area contributed by atoms with Gasteiger partial charge in [0.15, 0.2) is 0 Å². The van der Waals surface area contributed by atoms with Crippen LogP contribution in [0.5, 0.6) is 0 Å². The molecule has 0 radical (unpaired) electrons. The molecule has 1 atom stereocenters. The van der Waals surface area contributed by atoms with E-state index in [1.165, 1.54) is 6.07 Å². The summed E-state index contributed by atoms with van der Waals surface area (Å²) in [5.41, 5.74) is 1.80. The van der Waals surface area contributed by atoms with Gasteiger partial charge in [-0.2, -0.15) is 0 Å². The Balaban J connectivity index is 2.11. The standard InChI is InChI=1S/C22H24Cl2FN3O2/c1-3-6-19(22(29)26-9-10-30-2)28-20-13-16(24)15(23)12-18(20)27-21(28)11-14-7-4-5-8-17(14)25/h4-5,7-8,12-13,19H,3,6,9-11H2,1-2H3,(H,26,29)/t19-/m0/s1. The Kier molecular flexibility index (Phi) is 7.69. The van der Waals surface area contributed by atoms with Crippen LogP contribution >= 0.6 is 23.2 Å². The summed E-state index contributed by atoms with van der Waals surface area (Å²) < 4.78 is 21.2. The third-order valence-corrected chi connectivity index (χ3v) is 5.62. The molecule has 1 heterocycles. The van der Waals surface area contributed by atoms with E-state index in [9.17, 15) is 9.18 Å². The average molecular weight is 452 g/mol. The van der Waals surface area contributed by atoms with E-state index >= 15 is 0 Å². The van der Waals surface area contributed by atoms with E-state index in [1.54, 1.807) is 37.4 Å². The highest BCUT2D eigenvalue weighted by atomic mass is 35.5. The normalized spacial score (nSPS) is 12.3. The number of hydrogen-bond acceptors (Lipinski definition) is 3. The third-order valence-electron chi connectivity index (χ3n) is 4.89. The van der Waals surface area contributed by atoms with Crippen molar-refractivity contribution in [1.29, 1.82) is 0 Å². The number of carbonyl (C=O) groups is 1. The largest absolute Gasteiger partial charge is 0.383 e. The van der Waals surface area contributed by atoms with Gasteiger partial charge in [-0.25, -0.2) is 9.37 Å². The van der Waals surface area contributed by atoms with Crippen LogP contribution in [0.15, 0.2) is 36.4 Å². The molecule has 0 aliphatic rings. The predicted octanol–water partition coefficient (Wildman–Crippen LogP) is 5.18. The number of methoxy groups -OCH3 is 1. The molecular weight excluding hydrogens is 428 g/mol. The minimum Gasteiger partial charge on any atom is -0.383 e. The highest BCUT2D eigenvalue weighted by Crippen LogP contribution is 2.32. The van der Waals surface area contributed by atoms with E-state index in [0.29, 0.717) is 52.0 Å². The molecule has 0 spiro atoms. The van der Waals surface area contributed by atoms with Gasteiger partial charge < -0.3 is 14.6 Å². The Morgan fingerprint density at radius 2 is 2.00 bits per heavy atom. The number of rotatable bonds is 9. The summed E-state index contributed by atoms with van der Waals surface area (Å²) in [4.78, 5) is 17.7. The molecule has 8 heteroatoms. The minimum atomic E-state index is -0.518. The smallest absolute Gasteiger partial charge is 0.243 e. The predicted molar refractivity (Wildman–Crippen MR) is 118 cm³/mol. The van der Waals surface area contributed by atoms with Crippen molar-refractivity contribution in [2.75, 3.05) is 20.3 Å². The summed E-state index contributed by atoms with van der Waals surface area (Å²) in [6.45, 7) is 2.82. The molecule has 2 aromatic carbocycles. The number of aromatic nitrogens is 2. The fourth-order valence-electron chi connectivity index (χ4n) is 3.47. The fraction of sp³-hybridized carbons (Fsp3) is 0.364. The Labute approximate surface area is 185 Å². The second-order valence-corrected chi connectivity index (χ2v) is 7.82. The van der Waals surface area contributed by atoms with Crippen molar-refractivity contribution in [3.8, 4) is 0 Å². The molecule has 5 nitrogen and oxygen atoms in total. The summed E-state index contributed by atoms with van der Waals surface area (Å²) in [6.07, 6.45) is 1.61. The molecule has 0 bridgehead atoms. The van der Waals surface area contributed by atoms with E-state index in [1.807, 2.05) is 11.5 Å². The molecule has 160 valence electrons. The number of nitrogens with zero attached hydrogens (tertiary/aromatic N) is 2. The molecule has 0 saturated heterocycles. The highest BCUT2D eigenvalue weighted by Gasteiger charge is 2.26. The summed E-state index contributed by atoms with van der Waals surface area (Å²) in [5.74, 6) is 0.117. The summed E-state index contributed by atoms with van der Waals surface area (Å²) in [5, 5.41) is 3.65. The van der Waals surface area contributed by atoms with Gasteiger partial charge >= 0.3 is 0 Å². The van der Waals surface area contributed by atoms with E-state index in [0.717, 1.165) is 6.42 Å². The highest BCUT2D eigenvalue weighted by molar-refractivity contribution is 6.42. The molecule has 30 heavy (non-hydrogen) atoms. The average Bonchev–Trinajstić information content (AvgIpc) is 3.04. The van der Waals surface area contributed by atoms with Crippen molar-refractivity contribution in [3.05, 3.63) is 63.6 Å². The number of imidazole rings is 1. The zero-order valence-corrected chi connectivity index (χ0v) is 18.4. The van der Waals surface area contributed by atoms with Crippen molar-refractivity contribution < 1.29 is 13.9 Å². The van der Waals surface area contributed by atoms with Gasteiger partial charge in [-0.1, -0.05) is 54.7 Å². The van der Waals surface area contributed by atoms with Crippen LogP contribution in [-0.2, 0) is 16.0 Å². The lowest BCUT2D eigenvalue weighted by molar-refractivity contribution is -0.124. The van der Waals surface area contributed by atoms with Gasteiger partial charge in [0, 0.05) is 20.1 Å². The van der Waals surface area contributed by atoms with Crippen LogP contribution < -0.4 is 5.32 Å². The minimum absolute atomic E-state index is 0.144. The molecule has 1 N–H and O–H groups in total. The van der Waals surface area contributed by atoms with Crippen LogP contribution in [0.4, 0.5) is 4.39 Å². The lowest BCUT2D eigenvalue weighted by Gasteiger charge is -2.21. The van der Waals surface area contributed by atoms with Crippen molar-refractivity contribution in [2.24, 2.45) is 0 Å². The first-order valence-electron chi connectivity index (χ1n) is 9.82. The van der Waals surface area contributed by atoms with Gasteiger partial charge in [0.05, 0.1) is 27.7 Å². The van der Waals surface area contributed by atoms with E-state index in [2.05, 4.69) is 10.3 Å². The molecule has 1 aromatic heterocycles. The number of hydrogen-bond donors (Lipinski definition) is 1. The van der Waals surface area contributed by atoms with Crippen LogP contribution in [-0.4, -0.2) is 35.7 Å². The Bertz CT molecular complexity index is 1040. The molecule has 0 unspecified atom stereocenters. The molecule has 1 amide bonds. The van der Waals surface area contributed by atoms with Crippen LogP contribution in [0.1, 0.15) is 37.2 Å². The van der Waals surface area contributed by atoms with E-state index in [-0.39, 0.29) is 18.1 Å². The molecule has 0 aliphatic carbocycles. The lowest BCUT2D eigenvalue weighted by Crippen LogP contribution is -2.35. The second-order valence-electron chi connectivity index (χ2n) is 7.01. The topological polar surface area (TPSA) is 56.1 Å². The number of halogens is 3. The quantitative estimate of drug-likeness (QED) is 0.456. The first-order valence-corrected chi connectivity index (χ1v) is 10.6. The Morgan fingerprint density at radius 3 is 2.70 bits per heavy atom. The maximum absolute atomic E-state index is 14.3. The number of fused-ring (bicyclic) bond motifs is 1. The van der Waals surface area contributed by atoms with Crippen molar-refractivity contribution in [2.45, 2.75) is 32.2 Å². The van der Waals surface area contributed by atoms with Crippen LogP contribution in [0.25, 0.3) is 11.0 Å². The third kappa shape index (κ3) is 4.94. The monoisotopic (exact) mass is 451 g/mol.